The molecule has 0 spiro atoms. The minimum atomic E-state index is -1.33. The molecule has 1 atom stereocenters. The fourth-order valence-corrected chi connectivity index (χ4v) is 4.47. The number of benzene rings is 2. The molecule has 2 aromatic carbocycles. The number of carbonyl (C=O) groups excluding carboxylic acids is 1. The van der Waals surface area contributed by atoms with Crippen molar-refractivity contribution >= 4 is 34.1 Å². The number of methoxy groups -OCH3 is 1. The Morgan fingerprint density at radius 2 is 1.82 bits per heavy atom. The quantitative estimate of drug-likeness (QED) is 0.285. The van der Waals surface area contributed by atoms with E-state index in [1.807, 2.05) is 44.3 Å². The largest absolute Gasteiger partial charge is 0.492 e. The highest BCUT2D eigenvalue weighted by Gasteiger charge is 2.22. The van der Waals surface area contributed by atoms with Crippen LogP contribution in [-0.4, -0.2) is 50.5 Å². The van der Waals surface area contributed by atoms with Gasteiger partial charge in [-0.1, -0.05) is 32.1 Å². The molecule has 39 heavy (non-hydrogen) atoms. The Morgan fingerprint density at radius 3 is 2.44 bits per heavy atom. The number of amides is 1. The van der Waals surface area contributed by atoms with Crippen LogP contribution < -0.4 is 20.1 Å². The molecular formula is C28H33N7O3S. The van der Waals surface area contributed by atoms with E-state index in [9.17, 15) is 9.00 Å². The summed E-state index contributed by atoms with van der Waals surface area (Å²) in [5.74, 6) is 0.838. The van der Waals surface area contributed by atoms with Gasteiger partial charge in [0.25, 0.3) is 5.91 Å². The molecular weight excluding hydrogens is 514 g/mol. The molecule has 0 saturated heterocycles. The molecule has 0 fully saturated rings. The lowest BCUT2D eigenvalue weighted by Crippen LogP contribution is -2.17. The summed E-state index contributed by atoms with van der Waals surface area (Å²) in [5, 5.41) is 14.6. The van der Waals surface area contributed by atoms with Gasteiger partial charge in [-0.15, -0.1) is 5.10 Å². The summed E-state index contributed by atoms with van der Waals surface area (Å²) in [7, 11) is 2.00. The van der Waals surface area contributed by atoms with E-state index in [1.54, 1.807) is 35.5 Å². The van der Waals surface area contributed by atoms with Gasteiger partial charge in [0.1, 0.15) is 22.5 Å². The molecule has 10 nitrogen and oxygen atoms in total. The van der Waals surface area contributed by atoms with Crippen molar-refractivity contribution in [3.05, 3.63) is 71.5 Å². The van der Waals surface area contributed by atoms with Crippen LogP contribution in [-0.2, 0) is 16.4 Å². The zero-order chi connectivity index (χ0) is 28.3. The molecule has 4 rings (SSSR count). The first-order chi connectivity index (χ1) is 18.5. The molecule has 0 aliphatic heterocycles. The van der Waals surface area contributed by atoms with E-state index >= 15 is 0 Å². The SMILES string of the molecule is CNc1ccc(-c2cn(-c3cc(C(=O)Nc4cc(C(C)(C)C)cc(NS(C)=O)c4OC)ccc3C)nn2)cn1. The van der Waals surface area contributed by atoms with Crippen molar-refractivity contribution in [2.24, 2.45) is 0 Å². The Morgan fingerprint density at radius 1 is 1.08 bits per heavy atom. The highest BCUT2D eigenvalue weighted by molar-refractivity contribution is 7.85. The normalized spacial score (nSPS) is 12.1. The highest BCUT2D eigenvalue weighted by Crippen LogP contribution is 2.39. The molecule has 204 valence electrons. The van der Waals surface area contributed by atoms with Crippen LogP contribution in [0.15, 0.2) is 54.9 Å². The fourth-order valence-electron chi connectivity index (χ4n) is 4.00. The van der Waals surface area contributed by atoms with Crippen LogP contribution in [0.1, 0.15) is 42.3 Å². The van der Waals surface area contributed by atoms with Crippen LogP contribution in [0.3, 0.4) is 0 Å². The van der Waals surface area contributed by atoms with E-state index < -0.39 is 11.0 Å². The molecule has 4 aromatic rings. The van der Waals surface area contributed by atoms with Crippen molar-refractivity contribution in [1.82, 2.24) is 20.0 Å². The van der Waals surface area contributed by atoms with E-state index in [4.69, 9.17) is 4.74 Å². The Balaban J connectivity index is 1.67. The number of hydrogen-bond acceptors (Lipinski definition) is 7. The second kappa shape index (κ2) is 11.2. The second-order valence-corrected chi connectivity index (χ2v) is 11.2. The number of ether oxygens (including phenoxy) is 1. The van der Waals surface area contributed by atoms with E-state index in [1.165, 1.54) is 7.11 Å². The van der Waals surface area contributed by atoms with Crippen molar-refractivity contribution < 1.29 is 13.7 Å². The molecule has 0 radical (unpaired) electrons. The molecule has 1 unspecified atom stereocenters. The van der Waals surface area contributed by atoms with Gasteiger partial charge in [-0.05, 0) is 59.9 Å². The van der Waals surface area contributed by atoms with Crippen LogP contribution >= 0.6 is 0 Å². The van der Waals surface area contributed by atoms with Gasteiger partial charge in [0.2, 0.25) is 0 Å². The fraction of sp³-hybridized carbons (Fsp3) is 0.286. The van der Waals surface area contributed by atoms with Crippen LogP contribution in [0, 0.1) is 6.92 Å². The molecule has 3 N–H and O–H groups in total. The number of hydrogen-bond donors (Lipinski definition) is 3. The lowest BCUT2D eigenvalue weighted by atomic mass is 9.86. The molecule has 0 bridgehead atoms. The zero-order valence-electron chi connectivity index (χ0n) is 23.1. The van der Waals surface area contributed by atoms with E-state index in [-0.39, 0.29) is 11.3 Å². The Kier molecular flexibility index (Phi) is 8.01. The number of pyridine rings is 1. The lowest BCUT2D eigenvalue weighted by Gasteiger charge is -2.24. The molecule has 11 heteroatoms. The van der Waals surface area contributed by atoms with Gasteiger partial charge < -0.3 is 20.1 Å². The van der Waals surface area contributed by atoms with Crippen molar-refractivity contribution in [1.29, 1.82) is 0 Å². The molecule has 0 saturated carbocycles. The van der Waals surface area contributed by atoms with Crippen molar-refractivity contribution in [2.45, 2.75) is 33.1 Å². The summed E-state index contributed by atoms with van der Waals surface area (Å²) in [5.41, 5.74) is 5.32. The van der Waals surface area contributed by atoms with Gasteiger partial charge in [0.05, 0.1) is 30.4 Å². The standard InChI is InChI=1S/C28H33N7O3S/c1-17-8-9-18(12-24(17)35-16-23(32-34-35)19-10-11-25(29-5)30-15-19)27(36)31-21-13-20(28(2,3)4)14-22(26(21)38-6)33-39(7)37/h8-16,33H,1-7H3,(H,29,30)(H,31,36). The van der Waals surface area contributed by atoms with Gasteiger partial charge in [0.15, 0.2) is 5.75 Å². The topological polar surface area (TPSA) is 123 Å². The summed E-state index contributed by atoms with van der Waals surface area (Å²) in [6, 6.07) is 13.0. The summed E-state index contributed by atoms with van der Waals surface area (Å²) in [6.45, 7) is 8.14. The van der Waals surface area contributed by atoms with Gasteiger partial charge >= 0.3 is 0 Å². The monoisotopic (exact) mass is 547 g/mol. The third kappa shape index (κ3) is 6.26. The van der Waals surface area contributed by atoms with E-state index in [0.29, 0.717) is 28.4 Å². The Labute approximate surface area is 230 Å². The smallest absolute Gasteiger partial charge is 0.255 e. The Bertz CT molecular complexity index is 1530. The van der Waals surface area contributed by atoms with Gasteiger partial charge in [-0.3, -0.25) is 4.79 Å². The van der Waals surface area contributed by atoms with E-state index in [0.717, 1.165) is 28.2 Å². The third-order valence-corrected chi connectivity index (χ3v) is 6.70. The average molecular weight is 548 g/mol. The first-order valence-electron chi connectivity index (χ1n) is 12.3. The predicted molar refractivity (Wildman–Crippen MR) is 156 cm³/mol. The number of aromatic nitrogens is 4. The van der Waals surface area contributed by atoms with Crippen LogP contribution in [0.25, 0.3) is 16.9 Å². The molecule has 2 aromatic heterocycles. The van der Waals surface area contributed by atoms with Crippen LogP contribution in [0.2, 0.25) is 0 Å². The number of anilines is 3. The minimum absolute atomic E-state index is 0.220. The van der Waals surface area contributed by atoms with Crippen molar-refractivity contribution in [2.75, 3.05) is 35.8 Å². The third-order valence-electron chi connectivity index (χ3n) is 6.19. The lowest BCUT2D eigenvalue weighted by molar-refractivity contribution is 0.102. The number of aryl methyl sites for hydroxylation is 1. The highest BCUT2D eigenvalue weighted by atomic mass is 32.2. The molecule has 0 aliphatic carbocycles. The Hall–Kier alpha value is -4.25. The predicted octanol–water partition coefficient (Wildman–Crippen LogP) is 4.94. The zero-order valence-corrected chi connectivity index (χ0v) is 23.9. The first kappa shape index (κ1) is 27.8. The molecule has 0 aliphatic rings. The average Bonchev–Trinajstić information content (AvgIpc) is 3.38. The number of nitrogens with zero attached hydrogens (tertiary/aromatic N) is 4. The first-order valence-corrected chi connectivity index (χ1v) is 13.9. The minimum Gasteiger partial charge on any atom is -0.492 e. The van der Waals surface area contributed by atoms with Gasteiger partial charge in [0, 0.05) is 30.6 Å². The number of nitrogens with one attached hydrogen (secondary N) is 3. The van der Waals surface area contributed by atoms with E-state index in [2.05, 4.69) is 51.4 Å². The summed E-state index contributed by atoms with van der Waals surface area (Å²) >= 11 is 0. The maximum atomic E-state index is 13.5. The summed E-state index contributed by atoms with van der Waals surface area (Å²) < 4.78 is 22.1. The van der Waals surface area contributed by atoms with Gasteiger partial charge in [-0.2, -0.15) is 0 Å². The van der Waals surface area contributed by atoms with Gasteiger partial charge in [-0.25, -0.2) is 13.9 Å². The van der Waals surface area contributed by atoms with Crippen molar-refractivity contribution in [3.8, 4) is 22.7 Å². The van der Waals surface area contributed by atoms with Crippen LogP contribution in [0.5, 0.6) is 5.75 Å². The molecule has 1 amide bonds. The maximum absolute atomic E-state index is 13.5. The second-order valence-electron chi connectivity index (χ2n) is 10.1. The summed E-state index contributed by atoms with van der Waals surface area (Å²) in [6.07, 6.45) is 5.07. The van der Waals surface area contributed by atoms with Crippen molar-refractivity contribution in [3.63, 3.8) is 0 Å². The number of rotatable bonds is 8. The molecule has 2 heterocycles. The summed E-state index contributed by atoms with van der Waals surface area (Å²) in [4.78, 5) is 17.8. The maximum Gasteiger partial charge on any atom is 0.255 e. The van der Waals surface area contributed by atoms with Crippen LogP contribution in [0.4, 0.5) is 17.2 Å². The number of carbonyl (C=O) groups is 1.